The van der Waals surface area contributed by atoms with E-state index in [-0.39, 0.29) is 17.4 Å². The number of carbonyl (C=O) groups excluding carboxylic acids is 3. The summed E-state index contributed by atoms with van der Waals surface area (Å²) < 4.78 is 0. The van der Waals surface area contributed by atoms with Gasteiger partial charge in [0.25, 0.3) is 11.8 Å². The van der Waals surface area contributed by atoms with Gasteiger partial charge < -0.3 is 15.6 Å². The van der Waals surface area contributed by atoms with Gasteiger partial charge in [0.2, 0.25) is 5.91 Å². The first-order chi connectivity index (χ1) is 22.5. The van der Waals surface area contributed by atoms with Crippen molar-refractivity contribution in [2.45, 2.75) is 4.90 Å². The number of para-hydroxylation sites is 3. The Morgan fingerprint density at radius 3 is 2.04 bits per heavy atom. The maximum atomic E-state index is 13.7. The van der Waals surface area contributed by atoms with Crippen molar-refractivity contribution in [3.8, 4) is 0 Å². The van der Waals surface area contributed by atoms with Crippen LogP contribution in [0, 0.1) is 0 Å². The summed E-state index contributed by atoms with van der Waals surface area (Å²) in [4.78, 5) is 46.0. The van der Waals surface area contributed by atoms with E-state index >= 15 is 0 Å². The maximum Gasteiger partial charge on any atom is 0.272 e. The number of rotatable bonds is 10. The van der Waals surface area contributed by atoms with Gasteiger partial charge in [-0.2, -0.15) is 0 Å². The third-order valence-electron chi connectivity index (χ3n) is 7.18. The molecule has 0 fully saturated rings. The number of nitrogens with zero attached hydrogens (tertiary/aromatic N) is 1. The number of aromatic amines is 1. The van der Waals surface area contributed by atoms with Gasteiger partial charge in [-0.25, -0.2) is 0 Å². The summed E-state index contributed by atoms with van der Waals surface area (Å²) in [5.74, 6) is -0.775. The molecule has 8 heteroatoms. The van der Waals surface area contributed by atoms with Crippen molar-refractivity contribution in [3.05, 3.63) is 163 Å². The standard InChI is InChI=1S/C38H30N4O3S/c43-36(42(30-16-6-2-7-17-30)31-18-8-3-9-19-31)26-46-32-20-12-15-29(24-32)40-38(45)35(41-37(44)27-13-4-1-5-14-27)23-28-25-39-34-22-11-10-21-33(28)34/h1-25,39H,26H2,(H,40,45)(H,41,44)/b35-23-. The summed E-state index contributed by atoms with van der Waals surface area (Å²) in [7, 11) is 0. The van der Waals surface area contributed by atoms with Crippen molar-refractivity contribution in [2.75, 3.05) is 16.0 Å². The molecule has 5 aromatic carbocycles. The maximum absolute atomic E-state index is 13.7. The minimum absolute atomic E-state index is 0.0792. The average Bonchev–Trinajstić information content (AvgIpc) is 3.51. The Bertz CT molecular complexity index is 1970. The van der Waals surface area contributed by atoms with Crippen LogP contribution in [0.25, 0.3) is 17.0 Å². The van der Waals surface area contributed by atoms with Crippen molar-refractivity contribution < 1.29 is 14.4 Å². The van der Waals surface area contributed by atoms with Gasteiger partial charge in [-0.3, -0.25) is 19.3 Å². The number of H-pyrrole nitrogens is 1. The number of hydrogen-bond donors (Lipinski definition) is 3. The number of aromatic nitrogens is 1. The van der Waals surface area contributed by atoms with Crippen molar-refractivity contribution in [1.82, 2.24) is 10.3 Å². The Morgan fingerprint density at radius 2 is 1.35 bits per heavy atom. The number of thioether (sulfide) groups is 1. The molecular formula is C38H30N4O3S. The fraction of sp³-hybridized carbons (Fsp3) is 0.0263. The van der Waals surface area contributed by atoms with E-state index in [2.05, 4.69) is 15.6 Å². The van der Waals surface area contributed by atoms with Crippen molar-refractivity contribution in [2.24, 2.45) is 0 Å². The van der Waals surface area contributed by atoms with E-state index in [0.717, 1.165) is 32.7 Å². The largest absolute Gasteiger partial charge is 0.361 e. The first-order valence-corrected chi connectivity index (χ1v) is 15.7. The smallest absolute Gasteiger partial charge is 0.272 e. The predicted octanol–water partition coefficient (Wildman–Crippen LogP) is 8.03. The lowest BCUT2D eigenvalue weighted by Gasteiger charge is -2.23. The highest BCUT2D eigenvalue weighted by atomic mass is 32.2. The molecule has 0 aliphatic rings. The van der Waals surface area contributed by atoms with Gasteiger partial charge >= 0.3 is 0 Å². The first kappa shape index (κ1) is 30.2. The predicted molar refractivity (Wildman–Crippen MR) is 186 cm³/mol. The fourth-order valence-corrected chi connectivity index (χ4v) is 5.78. The molecule has 226 valence electrons. The number of carbonyl (C=O) groups is 3. The van der Waals surface area contributed by atoms with Crippen molar-refractivity contribution in [3.63, 3.8) is 0 Å². The van der Waals surface area contributed by atoms with Gasteiger partial charge in [-0.15, -0.1) is 11.8 Å². The Labute approximate surface area is 271 Å². The van der Waals surface area contributed by atoms with Crippen LogP contribution in [0.2, 0.25) is 0 Å². The molecule has 0 spiro atoms. The zero-order valence-corrected chi connectivity index (χ0v) is 25.5. The molecule has 0 bridgehead atoms. The van der Waals surface area contributed by atoms with E-state index in [0.29, 0.717) is 11.3 Å². The average molecular weight is 623 g/mol. The van der Waals surface area contributed by atoms with Crippen molar-refractivity contribution in [1.29, 1.82) is 0 Å². The van der Waals surface area contributed by atoms with Gasteiger partial charge in [-0.1, -0.05) is 78.9 Å². The number of hydrogen-bond acceptors (Lipinski definition) is 4. The van der Waals surface area contributed by atoms with E-state index in [1.165, 1.54) is 11.8 Å². The molecule has 7 nitrogen and oxygen atoms in total. The van der Waals surface area contributed by atoms with E-state index in [9.17, 15) is 14.4 Å². The van der Waals surface area contributed by atoms with Crippen LogP contribution in [-0.4, -0.2) is 28.5 Å². The second kappa shape index (κ2) is 14.3. The molecule has 0 aliphatic heterocycles. The summed E-state index contributed by atoms with van der Waals surface area (Å²) >= 11 is 1.38. The highest BCUT2D eigenvalue weighted by molar-refractivity contribution is 8.00. The molecular weight excluding hydrogens is 593 g/mol. The van der Waals surface area contributed by atoms with Gasteiger partial charge in [0.05, 0.1) is 5.75 Å². The molecule has 0 unspecified atom stereocenters. The molecule has 0 saturated carbocycles. The monoisotopic (exact) mass is 622 g/mol. The summed E-state index contributed by atoms with van der Waals surface area (Å²) in [6.07, 6.45) is 3.46. The Kier molecular flexibility index (Phi) is 9.37. The molecule has 1 heterocycles. The molecule has 1 aromatic heterocycles. The lowest BCUT2D eigenvalue weighted by atomic mass is 10.1. The van der Waals surface area contributed by atoms with Gasteiger partial charge in [0, 0.05) is 50.2 Å². The zero-order valence-electron chi connectivity index (χ0n) is 24.7. The molecule has 6 rings (SSSR count). The Hall–Kier alpha value is -5.86. The van der Waals surface area contributed by atoms with Gasteiger partial charge in [0.15, 0.2) is 0 Å². The van der Waals surface area contributed by atoms with Crippen LogP contribution >= 0.6 is 11.8 Å². The lowest BCUT2D eigenvalue weighted by Crippen LogP contribution is -2.30. The van der Waals surface area contributed by atoms with Crippen LogP contribution in [-0.2, 0) is 9.59 Å². The van der Waals surface area contributed by atoms with E-state index < -0.39 is 11.8 Å². The van der Waals surface area contributed by atoms with Crippen molar-refractivity contribution >= 4 is 63.5 Å². The minimum atomic E-state index is -0.480. The number of benzene rings is 5. The fourth-order valence-electron chi connectivity index (χ4n) is 4.97. The number of nitrogens with one attached hydrogen (secondary N) is 3. The van der Waals surface area contributed by atoms with Crippen LogP contribution in [0.15, 0.2) is 156 Å². The summed E-state index contributed by atoms with van der Waals surface area (Å²) in [5.41, 5.74) is 4.30. The number of anilines is 3. The van der Waals surface area contributed by atoms with Gasteiger partial charge in [0.1, 0.15) is 5.70 Å². The first-order valence-electron chi connectivity index (χ1n) is 14.7. The molecule has 0 aliphatic carbocycles. The Balaban J connectivity index is 1.20. The number of fused-ring (bicyclic) bond motifs is 1. The van der Waals surface area contributed by atoms with Crippen LogP contribution in [0.4, 0.5) is 17.1 Å². The Morgan fingerprint density at radius 1 is 0.717 bits per heavy atom. The molecule has 6 aromatic rings. The number of amides is 3. The second-order valence-electron chi connectivity index (χ2n) is 10.3. The third-order valence-corrected chi connectivity index (χ3v) is 8.16. The van der Waals surface area contributed by atoms with E-state index in [4.69, 9.17) is 0 Å². The second-order valence-corrected chi connectivity index (χ2v) is 11.4. The molecule has 3 amide bonds. The molecule has 0 radical (unpaired) electrons. The van der Waals surface area contributed by atoms with E-state index in [1.54, 1.807) is 47.5 Å². The molecule has 0 saturated heterocycles. The quantitative estimate of drug-likeness (QED) is 0.107. The zero-order chi connectivity index (χ0) is 31.7. The van der Waals surface area contributed by atoms with Gasteiger partial charge in [-0.05, 0) is 66.7 Å². The normalized spacial score (nSPS) is 11.2. The SMILES string of the molecule is O=C(Nc1cccc(SCC(=O)N(c2ccccc2)c2ccccc2)c1)/C(=C/c1c[nH]c2ccccc12)NC(=O)c1ccccc1. The topological polar surface area (TPSA) is 94.3 Å². The molecule has 46 heavy (non-hydrogen) atoms. The van der Waals surface area contributed by atoms with Crippen LogP contribution in [0.3, 0.4) is 0 Å². The summed E-state index contributed by atoms with van der Waals surface area (Å²) in [6.45, 7) is 0. The molecule has 3 N–H and O–H groups in total. The third kappa shape index (κ3) is 7.26. The summed E-state index contributed by atoms with van der Waals surface area (Å²) in [5, 5.41) is 6.64. The lowest BCUT2D eigenvalue weighted by molar-refractivity contribution is -0.115. The van der Waals surface area contributed by atoms with E-state index in [1.807, 2.05) is 109 Å². The van der Waals surface area contributed by atoms with Crippen LogP contribution in [0.1, 0.15) is 15.9 Å². The highest BCUT2D eigenvalue weighted by Gasteiger charge is 2.19. The van der Waals surface area contributed by atoms with Crippen LogP contribution < -0.4 is 15.5 Å². The minimum Gasteiger partial charge on any atom is -0.361 e. The highest BCUT2D eigenvalue weighted by Crippen LogP contribution is 2.29. The summed E-state index contributed by atoms with van der Waals surface area (Å²) in [6, 6.07) is 42.9. The van der Waals surface area contributed by atoms with Crippen LogP contribution in [0.5, 0.6) is 0 Å². The molecule has 0 atom stereocenters.